The van der Waals surface area contributed by atoms with Crippen LogP contribution < -0.4 is 5.32 Å². The fraction of sp³-hybridized carbons (Fsp3) is 0.727. The number of aryl methyl sites for hydroxylation is 1. The van der Waals surface area contributed by atoms with Crippen molar-refractivity contribution >= 4 is 27.7 Å². The van der Waals surface area contributed by atoms with Crippen molar-refractivity contribution in [2.75, 3.05) is 18.6 Å². The SMILES string of the molecule is CNC(CSCC(C)C)c1c(Br)cnn1C. The van der Waals surface area contributed by atoms with Gasteiger partial charge in [0.05, 0.1) is 22.4 Å². The minimum absolute atomic E-state index is 0.352. The lowest BCUT2D eigenvalue weighted by atomic mass is 10.2. The molecule has 0 bridgehead atoms. The molecule has 0 saturated heterocycles. The van der Waals surface area contributed by atoms with E-state index in [0.717, 1.165) is 16.1 Å². The van der Waals surface area contributed by atoms with Crippen LogP contribution in [0.1, 0.15) is 25.6 Å². The van der Waals surface area contributed by atoms with Crippen molar-refractivity contribution in [3.05, 3.63) is 16.4 Å². The fourth-order valence-corrected chi connectivity index (χ4v) is 3.32. The van der Waals surface area contributed by atoms with Gasteiger partial charge in [0.25, 0.3) is 0 Å². The van der Waals surface area contributed by atoms with Crippen molar-refractivity contribution in [1.82, 2.24) is 15.1 Å². The standard InChI is InChI=1S/C11H20BrN3S/c1-8(2)6-16-7-10(13-3)11-9(12)5-14-15(11)4/h5,8,10,13H,6-7H2,1-4H3. The molecule has 3 nitrogen and oxygen atoms in total. The van der Waals surface area contributed by atoms with E-state index in [0.29, 0.717) is 6.04 Å². The smallest absolute Gasteiger partial charge is 0.0700 e. The Kier molecular flexibility index (Phi) is 5.86. The molecule has 0 aromatic carbocycles. The lowest BCUT2D eigenvalue weighted by molar-refractivity contribution is 0.583. The van der Waals surface area contributed by atoms with Crippen LogP contribution in [0.3, 0.4) is 0 Å². The monoisotopic (exact) mass is 305 g/mol. The van der Waals surface area contributed by atoms with Crippen molar-refractivity contribution in [1.29, 1.82) is 0 Å². The highest BCUT2D eigenvalue weighted by molar-refractivity contribution is 9.10. The van der Waals surface area contributed by atoms with E-state index in [9.17, 15) is 0 Å². The Morgan fingerprint density at radius 1 is 1.50 bits per heavy atom. The third-order valence-corrected chi connectivity index (χ3v) is 4.43. The maximum atomic E-state index is 4.25. The second kappa shape index (κ2) is 6.67. The van der Waals surface area contributed by atoms with Gasteiger partial charge in [-0.05, 0) is 34.6 Å². The molecule has 1 atom stereocenters. The van der Waals surface area contributed by atoms with Crippen LogP contribution in [0.25, 0.3) is 0 Å². The summed E-state index contributed by atoms with van der Waals surface area (Å²) in [6, 6.07) is 0.352. The van der Waals surface area contributed by atoms with Crippen molar-refractivity contribution in [2.24, 2.45) is 13.0 Å². The van der Waals surface area contributed by atoms with Gasteiger partial charge in [-0.25, -0.2) is 0 Å². The molecular weight excluding hydrogens is 286 g/mol. The summed E-state index contributed by atoms with van der Waals surface area (Å²) in [6.07, 6.45) is 1.85. The number of aromatic nitrogens is 2. The number of rotatable bonds is 6. The lowest BCUT2D eigenvalue weighted by Crippen LogP contribution is -2.22. The van der Waals surface area contributed by atoms with E-state index >= 15 is 0 Å². The highest BCUT2D eigenvalue weighted by Crippen LogP contribution is 2.25. The summed E-state index contributed by atoms with van der Waals surface area (Å²) in [5.41, 5.74) is 1.22. The normalized spacial score (nSPS) is 13.4. The Labute approximate surface area is 110 Å². The largest absolute Gasteiger partial charge is 0.311 e. The molecule has 1 N–H and O–H groups in total. The molecule has 0 saturated carbocycles. The van der Waals surface area contributed by atoms with E-state index in [1.54, 1.807) is 0 Å². The van der Waals surface area contributed by atoms with E-state index in [2.05, 4.69) is 40.2 Å². The quantitative estimate of drug-likeness (QED) is 0.876. The van der Waals surface area contributed by atoms with Crippen LogP contribution in [0, 0.1) is 5.92 Å². The number of hydrogen-bond acceptors (Lipinski definition) is 3. The molecule has 16 heavy (non-hydrogen) atoms. The average molecular weight is 306 g/mol. The van der Waals surface area contributed by atoms with Gasteiger partial charge >= 0.3 is 0 Å². The first-order valence-corrected chi connectivity index (χ1v) is 7.43. The molecule has 0 aliphatic carbocycles. The molecule has 1 heterocycles. The van der Waals surface area contributed by atoms with Crippen LogP contribution in [0.5, 0.6) is 0 Å². The van der Waals surface area contributed by atoms with E-state index < -0.39 is 0 Å². The Morgan fingerprint density at radius 3 is 2.62 bits per heavy atom. The van der Waals surface area contributed by atoms with Crippen molar-refractivity contribution in [2.45, 2.75) is 19.9 Å². The topological polar surface area (TPSA) is 29.9 Å². The van der Waals surface area contributed by atoms with E-state index in [4.69, 9.17) is 0 Å². The van der Waals surface area contributed by atoms with Gasteiger partial charge in [0.1, 0.15) is 0 Å². The van der Waals surface area contributed by atoms with Gasteiger partial charge in [-0.3, -0.25) is 4.68 Å². The molecule has 1 aromatic heterocycles. The molecule has 0 fully saturated rings. The Hall–Kier alpha value is 0. The zero-order valence-electron chi connectivity index (χ0n) is 10.3. The number of thioether (sulfide) groups is 1. The number of nitrogens with one attached hydrogen (secondary N) is 1. The van der Waals surface area contributed by atoms with E-state index in [-0.39, 0.29) is 0 Å². The van der Waals surface area contributed by atoms with Gasteiger partial charge in [-0.2, -0.15) is 16.9 Å². The summed E-state index contributed by atoms with van der Waals surface area (Å²) in [5, 5.41) is 7.60. The minimum atomic E-state index is 0.352. The molecule has 0 aliphatic rings. The highest BCUT2D eigenvalue weighted by Gasteiger charge is 2.17. The molecule has 0 spiro atoms. The molecular formula is C11H20BrN3S. The van der Waals surface area contributed by atoms with Crippen LogP contribution in [-0.4, -0.2) is 28.3 Å². The summed E-state index contributed by atoms with van der Waals surface area (Å²) < 4.78 is 3.01. The van der Waals surface area contributed by atoms with Crippen LogP contribution in [0.15, 0.2) is 10.7 Å². The molecule has 92 valence electrons. The predicted molar refractivity (Wildman–Crippen MR) is 74.9 cm³/mol. The number of halogens is 1. The zero-order chi connectivity index (χ0) is 12.1. The summed E-state index contributed by atoms with van der Waals surface area (Å²) in [4.78, 5) is 0. The molecule has 0 amide bonds. The van der Waals surface area contributed by atoms with E-state index in [1.807, 2.05) is 36.7 Å². The molecule has 1 rings (SSSR count). The minimum Gasteiger partial charge on any atom is -0.311 e. The summed E-state index contributed by atoms with van der Waals surface area (Å²) in [6.45, 7) is 4.50. The lowest BCUT2D eigenvalue weighted by Gasteiger charge is -2.17. The van der Waals surface area contributed by atoms with Crippen molar-refractivity contribution in [3.8, 4) is 0 Å². The van der Waals surface area contributed by atoms with Gasteiger partial charge in [-0.1, -0.05) is 13.8 Å². The van der Waals surface area contributed by atoms with Gasteiger partial charge in [-0.15, -0.1) is 0 Å². The number of nitrogens with zero attached hydrogens (tertiary/aromatic N) is 2. The molecule has 1 aromatic rings. The maximum absolute atomic E-state index is 4.25. The summed E-state index contributed by atoms with van der Waals surface area (Å²) in [5.74, 6) is 3.03. The van der Waals surface area contributed by atoms with E-state index in [1.165, 1.54) is 11.4 Å². The Bertz CT molecular complexity index is 306. The van der Waals surface area contributed by atoms with Gasteiger partial charge in [0, 0.05) is 12.8 Å². The molecule has 0 radical (unpaired) electrons. The first-order valence-electron chi connectivity index (χ1n) is 5.48. The molecule has 1 unspecified atom stereocenters. The van der Waals surface area contributed by atoms with Gasteiger partial charge < -0.3 is 5.32 Å². The average Bonchev–Trinajstić information content (AvgIpc) is 2.54. The second-order valence-corrected chi connectivity index (χ2v) is 6.20. The van der Waals surface area contributed by atoms with Crippen LogP contribution in [0.2, 0.25) is 0 Å². The maximum Gasteiger partial charge on any atom is 0.0700 e. The first-order chi connectivity index (χ1) is 7.56. The zero-order valence-corrected chi connectivity index (χ0v) is 12.7. The van der Waals surface area contributed by atoms with Crippen molar-refractivity contribution < 1.29 is 0 Å². The van der Waals surface area contributed by atoms with Crippen molar-refractivity contribution in [3.63, 3.8) is 0 Å². The third-order valence-electron chi connectivity index (χ3n) is 2.35. The van der Waals surface area contributed by atoms with Crippen LogP contribution in [0.4, 0.5) is 0 Å². The fourth-order valence-electron chi connectivity index (χ4n) is 1.53. The van der Waals surface area contributed by atoms with Crippen LogP contribution in [-0.2, 0) is 7.05 Å². The first kappa shape index (κ1) is 14.1. The van der Waals surface area contributed by atoms with Crippen LogP contribution >= 0.6 is 27.7 Å². The highest BCUT2D eigenvalue weighted by atomic mass is 79.9. The summed E-state index contributed by atoms with van der Waals surface area (Å²) in [7, 11) is 3.98. The van der Waals surface area contributed by atoms with Gasteiger partial charge in [0.2, 0.25) is 0 Å². The third kappa shape index (κ3) is 3.79. The Morgan fingerprint density at radius 2 is 2.19 bits per heavy atom. The number of hydrogen-bond donors (Lipinski definition) is 1. The Balaban J connectivity index is 2.61. The summed E-state index contributed by atoms with van der Waals surface area (Å²) >= 11 is 5.53. The predicted octanol–water partition coefficient (Wildman–Crippen LogP) is 2.83. The molecule has 5 heteroatoms. The second-order valence-electron chi connectivity index (χ2n) is 4.27. The molecule has 0 aliphatic heterocycles. The van der Waals surface area contributed by atoms with Gasteiger partial charge in [0.15, 0.2) is 0 Å².